The topological polar surface area (TPSA) is 96.7 Å². The lowest BCUT2D eigenvalue weighted by Gasteiger charge is -2.12. The summed E-state index contributed by atoms with van der Waals surface area (Å²) in [6.07, 6.45) is 0. The van der Waals surface area contributed by atoms with Crippen molar-refractivity contribution in [3.8, 4) is 17.3 Å². The first kappa shape index (κ1) is 19.2. The van der Waals surface area contributed by atoms with E-state index in [1.165, 1.54) is 7.11 Å². The van der Waals surface area contributed by atoms with Crippen molar-refractivity contribution in [1.29, 1.82) is 0 Å². The van der Waals surface area contributed by atoms with Crippen molar-refractivity contribution in [3.05, 3.63) is 86.1 Å². The molecule has 0 unspecified atom stereocenters. The third-order valence-corrected chi connectivity index (χ3v) is 4.36. The van der Waals surface area contributed by atoms with E-state index in [1.54, 1.807) is 31.2 Å². The van der Waals surface area contributed by atoms with Crippen molar-refractivity contribution in [3.63, 3.8) is 0 Å². The van der Waals surface area contributed by atoms with Gasteiger partial charge in [0.05, 0.1) is 25.1 Å². The summed E-state index contributed by atoms with van der Waals surface area (Å²) in [6, 6.07) is 14.4. The highest BCUT2D eigenvalue weighted by Gasteiger charge is 2.17. The van der Waals surface area contributed by atoms with Crippen LogP contribution in [-0.2, 0) is 6.54 Å². The number of H-pyrrole nitrogens is 1. The van der Waals surface area contributed by atoms with Gasteiger partial charge in [0.2, 0.25) is 5.88 Å². The number of aromatic amines is 1. The SMILES string of the molecule is COc1ccc(-n2c(O)c(C(C)=NCc3cccc(C)c3)c(=O)[nH]c2=O)cc1. The number of aromatic hydroxyl groups is 1. The molecule has 0 saturated carbocycles. The van der Waals surface area contributed by atoms with E-state index in [-0.39, 0.29) is 5.56 Å². The molecule has 144 valence electrons. The lowest BCUT2D eigenvalue weighted by molar-refractivity contribution is 0.414. The van der Waals surface area contributed by atoms with Gasteiger partial charge in [-0.25, -0.2) is 9.36 Å². The van der Waals surface area contributed by atoms with E-state index in [1.807, 2.05) is 31.2 Å². The molecule has 0 aliphatic heterocycles. The second kappa shape index (κ2) is 7.96. The van der Waals surface area contributed by atoms with Gasteiger partial charge in [-0.2, -0.15) is 0 Å². The Morgan fingerprint density at radius 3 is 2.54 bits per heavy atom. The number of aryl methyl sites for hydroxylation is 1. The van der Waals surface area contributed by atoms with Gasteiger partial charge in [0.1, 0.15) is 11.3 Å². The van der Waals surface area contributed by atoms with E-state index in [9.17, 15) is 14.7 Å². The molecular formula is C21H21N3O4. The first-order valence-electron chi connectivity index (χ1n) is 8.70. The van der Waals surface area contributed by atoms with Crippen LogP contribution in [0.1, 0.15) is 23.6 Å². The van der Waals surface area contributed by atoms with Gasteiger partial charge in [0.25, 0.3) is 5.56 Å². The van der Waals surface area contributed by atoms with Crippen molar-refractivity contribution < 1.29 is 9.84 Å². The van der Waals surface area contributed by atoms with Crippen LogP contribution in [0.2, 0.25) is 0 Å². The van der Waals surface area contributed by atoms with Gasteiger partial charge in [-0.1, -0.05) is 29.8 Å². The Hall–Kier alpha value is -3.61. The zero-order valence-corrected chi connectivity index (χ0v) is 15.9. The third-order valence-electron chi connectivity index (χ3n) is 4.36. The molecule has 1 heterocycles. The first-order chi connectivity index (χ1) is 13.4. The Balaban J connectivity index is 2.04. The van der Waals surface area contributed by atoms with Crippen LogP contribution in [0.25, 0.3) is 5.69 Å². The molecule has 0 fully saturated rings. The lowest BCUT2D eigenvalue weighted by atomic mass is 10.1. The van der Waals surface area contributed by atoms with Gasteiger partial charge >= 0.3 is 5.69 Å². The second-order valence-electron chi connectivity index (χ2n) is 6.38. The fourth-order valence-electron chi connectivity index (χ4n) is 2.92. The fraction of sp³-hybridized carbons (Fsp3) is 0.190. The van der Waals surface area contributed by atoms with Gasteiger partial charge in [-0.3, -0.25) is 14.8 Å². The number of aliphatic imine (C=N–C) groups is 1. The number of aromatic nitrogens is 2. The van der Waals surface area contributed by atoms with E-state index in [2.05, 4.69) is 9.98 Å². The largest absolute Gasteiger partial charge is 0.497 e. The monoisotopic (exact) mass is 379 g/mol. The highest BCUT2D eigenvalue weighted by molar-refractivity contribution is 6.00. The molecule has 0 amide bonds. The molecule has 0 atom stereocenters. The molecule has 3 rings (SSSR count). The number of methoxy groups -OCH3 is 1. The van der Waals surface area contributed by atoms with Crippen LogP contribution in [0.4, 0.5) is 0 Å². The lowest BCUT2D eigenvalue weighted by Crippen LogP contribution is -2.32. The molecule has 3 aromatic rings. The van der Waals surface area contributed by atoms with Crippen molar-refractivity contribution in [2.75, 3.05) is 7.11 Å². The normalized spacial score (nSPS) is 11.5. The quantitative estimate of drug-likeness (QED) is 0.666. The Morgan fingerprint density at radius 1 is 1.18 bits per heavy atom. The fourth-order valence-corrected chi connectivity index (χ4v) is 2.92. The smallest absolute Gasteiger partial charge is 0.335 e. The summed E-state index contributed by atoms with van der Waals surface area (Å²) in [6.45, 7) is 3.97. The van der Waals surface area contributed by atoms with Gasteiger partial charge < -0.3 is 9.84 Å². The molecule has 1 aromatic heterocycles. The van der Waals surface area contributed by atoms with Crippen LogP contribution in [-0.4, -0.2) is 27.5 Å². The predicted molar refractivity (Wildman–Crippen MR) is 108 cm³/mol. The molecule has 0 bridgehead atoms. The van der Waals surface area contributed by atoms with Gasteiger partial charge in [-0.05, 0) is 43.7 Å². The van der Waals surface area contributed by atoms with Crippen LogP contribution in [0.15, 0.2) is 63.1 Å². The molecule has 0 aliphatic carbocycles. The highest BCUT2D eigenvalue weighted by Crippen LogP contribution is 2.20. The van der Waals surface area contributed by atoms with Gasteiger partial charge in [0.15, 0.2) is 0 Å². The molecule has 7 nitrogen and oxygen atoms in total. The van der Waals surface area contributed by atoms with Crippen LogP contribution in [0, 0.1) is 6.92 Å². The van der Waals surface area contributed by atoms with Crippen molar-refractivity contribution in [1.82, 2.24) is 9.55 Å². The maximum atomic E-state index is 12.3. The molecule has 0 spiro atoms. The predicted octanol–water partition coefficient (Wildman–Crippen LogP) is 2.56. The summed E-state index contributed by atoms with van der Waals surface area (Å²) >= 11 is 0. The summed E-state index contributed by atoms with van der Waals surface area (Å²) in [5, 5.41) is 10.7. The van der Waals surface area contributed by atoms with Gasteiger partial charge in [0, 0.05) is 0 Å². The van der Waals surface area contributed by atoms with Crippen molar-refractivity contribution in [2.24, 2.45) is 4.99 Å². The maximum Gasteiger partial charge on any atom is 0.335 e. The van der Waals surface area contributed by atoms with Crippen LogP contribution >= 0.6 is 0 Å². The molecule has 7 heteroatoms. The maximum absolute atomic E-state index is 12.3. The van der Waals surface area contributed by atoms with E-state index >= 15 is 0 Å². The Labute approximate surface area is 161 Å². The van der Waals surface area contributed by atoms with E-state index < -0.39 is 17.1 Å². The minimum absolute atomic E-state index is 0.0388. The number of ether oxygens (including phenoxy) is 1. The number of nitrogens with zero attached hydrogens (tertiary/aromatic N) is 2. The molecule has 0 radical (unpaired) electrons. The summed E-state index contributed by atoms with van der Waals surface area (Å²) < 4.78 is 6.13. The number of rotatable bonds is 5. The minimum atomic E-state index is -0.733. The second-order valence-corrected chi connectivity index (χ2v) is 6.38. The molecule has 2 aromatic carbocycles. The Kier molecular flexibility index (Phi) is 5.44. The molecular weight excluding hydrogens is 358 g/mol. The standard InChI is InChI=1S/C21H21N3O4/c1-13-5-4-6-15(11-13)12-22-14(2)18-19(25)23-21(27)24(20(18)26)16-7-9-17(28-3)10-8-16/h4-11,26H,12H2,1-3H3,(H,23,25,27). The van der Waals surface area contributed by atoms with Gasteiger partial charge in [-0.15, -0.1) is 0 Å². The minimum Gasteiger partial charge on any atom is -0.497 e. The van der Waals surface area contributed by atoms with Crippen LogP contribution in [0.5, 0.6) is 11.6 Å². The number of nitrogens with one attached hydrogen (secondary N) is 1. The highest BCUT2D eigenvalue weighted by atomic mass is 16.5. The average molecular weight is 379 g/mol. The van der Waals surface area contributed by atoms with E-state index in [4.69, 9.17) is 4.74 Å². The van der Waals surface area contributed by atoms with Crippen molar-refractivity contribution >= 4 is 5.71 Å². The van der Waals surface area contributed by atoms with Crippen LogP contribution < -0.4 is 16.0 Å². The summed E-state index contributed by atoms with van der Waals surface area (Å²) in [7, 11) is 1.53. The molecule has 2 N–H and O–H groups in total. The summed E-state index contributed by atoms with van der Waals surface area (Å²) in [5.74, 6) is 0.154. The van der Waals surface area contributed by atoms with E-state index in [0.717, 1.165) is 15.7 Å². The Bertz CT molecular complexity index is 1140. The molecule has 0 saturated heterocycles. The van der Waals surface area contributed by atoms with Crippen LogP contribution in [0.3, 0.4) is 0 Å². The molecule has 28 heavy (non-hydrogen) atoms. The van der Waals surface area contributed by atoms with Crippen molar-refractivity contribution in [2.45, 2.75) is 20.4 Å². The summed E-state index contributed by atoms with van der Waals surface area (Å²) in [4.78, 5) is 31.3. The summed E-state index contributed by atoms with van der Waals surface area (Å²) in [5.41, 5.74) is 1.37. The third kappa shape index (κ3) is 3.88. The number of hydrogen-bond donors (Lipinski definition) is 2. The Morgan fingerprint density at radius 2 is 1.89 bits per heavy atom. The zero-order chi connectivity index (χ0) is 20.3. The molecule has 0 aliphatic rings. The zero-order valence-electron chi connectivity index (χ0n) is 15.9. The average Bonchev–Trinajstić information content (AvgIpc) is 2.66. The first-order valence-corrected chi connectivity index (χ1v) is 8.70. The van der Waals surface area contributed by atoms with E-state index in [0.29, 0.717) is 23.7 Å². The number of hydrogen-bond acceptors (Lipinski definition) is 5. The number of benzene rings is 2.